The summed E-state index contributed by atoms with van der Waals surface area (Å²) in [5.41, 5.74) is 2.83. The number of amides is 1. The van der Waals surface area contributed by atoms with Gasteiger partial charge in [0.05, 0.1) is 12.2 Å². The average molecular weight is 452 g/mol. The van der Waals surface area contributed by atoms with E-state index in [0.717, 1.165) is 31.1 Å². The number of hydrogen-bond acceptors (Lipinski definition) is 5. The van der Waals surface area contributed by atoms with Gasteiger partial charge < -0.3 is 10.0 Å². The number of carbonyl (C=O) groups excluding carboxylic acids is 1. The molecule has 0 saturated carbocycles. The lowest BCUT2D eigenvalue weighted by molar-refractivity contribution is -0.0241. The first-order chi connectivity index (χ1) is 15.5. The van der Waals surface area contributed by atoms with Gasteiger partial charge in [-0.2, -0.15) is 0 Å². The van der Waals surface area contributed by atoms with Gasteiger partial charge in [-0.15, -0.1) is 11.3 Å². The monoisotopic (exact) mass is 451 g/mol. The van der Waals surface area contributed by atoms with Crippen LogP contribution in [0.2, 0.25) is 0 Å². The quantitative estimate of drug-likeness (QED) is 0.652. The summed E-state index contributed by atoms with van der Waals surface area (Å²) in [4.78, 5) is 21.5. The number of rotatable bonds is 4. The minimum absolute atomic E-state index is 0.198. The minimum atomic E-state index is -1.03. The Balaban J connectivity index is 1.21. The smallest absolute Gasteiger partial charge is 0.253 e. The highest BCUT2D eigenvalue weighted by Gasteiger charge is 2.37. The number of piperidine rings is 1. The number of halogens is 1. The van der Waals surface area contributed by atoms with Crippen molar-refractivity contribution in [3.8, 4) is 0 Å². The summed E-state index contributed by atoms with van der Waals surface area (Å²) < 4.78 is 13.5. The van der Waals surface area contributed by atoms with Gasteiger partial charge in [0.15, 0.2) is 0 Å². The van der Waals surface area contributed by atoms with Crippen LogP contribution in [0.3, 0.4) is 0 Å². The second kappa shape index (κ2) is 8.73. The van der Waals surface area contributed by atoms with Gasteiger partial charge in [-0.25, -0.2) is 9.37 Å². The lowest BCUT2D eigenvalue weighted by Crippen LogP contribution is -2.45. The fourth-order valence-corrected chi connectivity index (χ4v) is 5.55. The lowest BCUT2D eigenvalue weighted by Gasteiger charge is -2.37. The number of benzene rings is 2. The Bertz CT molecular complexity index is 1120. The molecule has 2 aliphatic rings. The number of fused-ring (bicyclic) bond motifs is 1. The molecule has 0 aliphatic carbocycles. The Morgan fingerprint density at radius 1 is 1.09 bits per heavy atom. The molecule has 5 nitrogen and oxygen atoms in total. The third-order valence-corrected chi connectivity index (χ3v) is 7.38. The highest BCUT2D eigenvalue weighted by atomic mass is 32.1. The van der Waals surface area contributed by atoms with Crippen molar-refractivity contribution in [3.05, 3.63) is 87.1 Å². The van der Waals surface area contributed by atoms with Gasteiger partial charge in [-0.1, -0.05) is 30.3 Å². The molecule has 166 valence electrons. The number of carbonyl (C=O) groups is 1. The molecule has 1 N–H and O–H groups in total. The zero-order valence-corrected chi connectivity index (χ0v) is 18.7. The summed E-state index contributed by atoms with van der Waals surface area (Å²) in [5, 5.41) is 14.2. The van der Waals surface area contributed by atoms with Crippen molar-refractivity contribution in [2.24, 2.45) is 0 Å². The molecule has 0 atom stereocenters. The summed E-state index contributed by atoms with van der Waals surface area (Å²) in [6.07, 6.45) is 1.90. The zero-order chi connectivity index (χ0) is 22.1. The number of likely N-dealkylation sites (tertiary alicyclic amines) is 1. The fourth-order valence-electron chi connectivity index (χ4n) is 4.62. The van der Waals surface area contributed by atoms with E-state index in [1.807, 2.05) is 5.38 Å². The second-order valence-corrected chi connectivity index (χ2v) is 9.63. The standard InChI is InChI=1S/C25H26FN3O2S/c26-21-7-3-6-19(14-21)24(30)29-12-9-25(31,10-13-29)22-17-32-23(27-22)16-28-11-8-18-4-1-2-5-20(18)15-28/h1-7,14,17,31H,8-13,15-16H2. The SMILES string of the molecule is O=C(c1cccc(F)c1)N1CCC(O)(c2csc(CN3CCc4ccccc4C3)n2)CC1. The van der Waals surface area contributed by atoms with Gasteiger partial charge in [-0.3, -0.25) is 9.69 Å². The Morgan fingerprint density at radius 2 is 1.88 bits per heavy atom. The van der Waals surface area contributed by atoms with Gasteiger partial charge in [0.1, 0.15) is 16.4 Å². The first kappa shape index (κ1) is 21.2. The van der Waals surface area contributed by atoms with Crippen LogP contribution in [0.15, 0.2) is 53.9 Å². The number of nitrogens with zero attached hydrogens (tertiary/aromatic N) is 3. The summed E-state index contributed by atoms with van der Waals surface area (Å²) >= 11 is 1.59. The molecule has 5 rings (SSSR count). The van der Waals surface area contributed by atoms with Gasteiger partial charge in [0, 0.05) is 37.1 Å². The van der Waals surface area contributed by atoms with E-state index in [1.165, 1.54) is 23.3 Å². The minimum Gasteiger partial charge on any atom is -0.383 e. The van der Waals surface area contributed by atoms with Crippen LogP contribution in [0, 0.1) is 5.82 Å². The van der Waals surface area contributed by atoms with Crippen LogP contribution in [-0.2, 0) is 25.1 Å². The molecule has 3 aromatic rings. The molecule has 0 radical (unpaired) electrons. The number of aromatic nitrogens is 1. The lowest BCUT2D eigenvalue weighted by atomic mass is 9.88. The van der Waals surface area contributed by atoms with Crippen molar-refractivity contribution in [2.75, 3.05) is 19.6 Å². The Labute approximate surface area is 191 Å². The third kappa shape index (κ3) is 4.33. The van der Waals surface area contributed by atoms with E-state index >= 15 is 0 Å². The Hall–Kier alpha value is -2.61. The molecule has 2 aromatic carbocycles. The van der Waals surface area contributed by atoms with E-state index in [4.69, 9.17) is 4.98 Å². The first-order valence-electron chi connectivity index (χ1n) is 11.0. The normalized spacial score (nSPS) is 18.4. The maximum atomic E-state index is 13.5. The largest absolute Gasteiger partial charge is 0.383 e. The predicted molar refractivity (Wildman–Crippen MR) is 122 cm³/mol. The third-order valence-electron chi connectivity index (χ3n) is 6.55. The van der Waals surface area contributed by atoms with Crippen molar-refractivity contribution in [1.29, 1.82) is 0 Å². The Kier molecular flexibility index (Phi) is 5.80. The number of hydrogen-bond donors (Lipinski definition) is 1. The fraction of sp³-hybridized carbons (Fsp3) is 0.360. The van der Waals surface area contributed by atoms with Crippen LogP contribution in [0.25, 0.3) is 0 Å². The summed E-state index contributed by atoms with van der Waals surface area (Å²) in [7, 11) is 0. The highest BCUT2D eigenvalue weighted by Crippen LogP contribution is 2.34. The highest BCUT2D eigenvalue weighted by molar-refractivity contribution is 7.09. The molecule has 7 heteroatoms. The first-order valence-corrected chi connectivity index (χ1v) is 11.9. The summed E-state index contributed by atoms with van der Waals surface area (Å²) in [6, 6.07) is 14.3. The van der Waals surface area contributed by atoms with Crippen LogP contribution in [0.4, 0.5) is 4.39 Å². The van der Waals surface area contributed by atoms with Gasteiger partial charge >= 0.3 is 0 Å². The molecule has 3 heterocycles. The van der Waals surface area contributed by atoms with Crippen LogP contribution in [0.1, 0.15) is 45.0 Å². The van der Waals surface area contributed by atoms with E-state index in [0.29, 0.717) is 37.2 Å². The maximum absolute atomic E-state index is 13.5. The topological polar surface area (TPSA) is 56.7 Å². The molecule has 1 fully saturated rings. The van der Waals surface area contributed by atoms with Crippen molar-refractivity contribution >= 4 is 17.2 Å². The van der Waals surface area contributed by atoms with E-state index in [1.54, 1.807) is 28.4 Å². The van der Waals surface area contributed by atoms with E-state index in [2.05, 4.69) is 29.2 Å². The van der Waals surface area contributed by atoms with E-state index in [-0.39, 0.29) is 5.91 Å². The van der Waals surface area contributed by atoms with Crippen molar-refractivity contribution in [3.63, 3.8) is 0 Å². The van der Waals surface area contributed by atoms with Crippen LogP contribution < -0.4 is 0 Å². The molecular weight excluding hydrogens is 425 g/mol. The predicted octanol–water partition coefficient (Wildman–Crippen LogP) is 3.96. The molecular formula is C25H26FN3O2S. The van der Waals surface area contributed by atoms with Crippen molar-refractivity contribution in [2.45, 2.75) is 38.0 Å². The van der Waals surface area contributed by atoms with E-state index in [9.17, 15) is 14.3 Å². The number of aliphatic hydroxyl groups is 1. The van der Waals surface area contributed by atoms with Gasteiger partial charge in [0.25, 0.3) is 5.91 Å². The second-order valence-electron chi connectivity index (χ2n) is 8.69. The molecule has 1 saturated heterocycles. The average Bonchev–Trinajstić information content (AvgIpc) is 3.28. The van der Waals surface area contributed by atoms with Crippen LogP contribution >= 0.6 is 11.3 Å². The van der Waals surface area contributed by atoms with Crippen LogP contribution in [-0.4, -0.2) is 45.4 Å². The van der Waals surface area contributed by atoms with Crippen molar-refractivity contribution < 1.29 is 14.3 Å². The molecule has 32 heavy (non-hydrogen) atoms. The van der Waals surface area contributed by atoms with Gasteiger partial charge in [0.2, 0.25) is 0 Å². The molecule has 1 amide bonds. The molecule has 0 bridgehead atoms. The maximum Gasteiger partial charge on any atom is 0.253 e. The van der Waals surface area contributed by atoms with Crippen molar-refractivity contribution in [1.82, 2.24) is 14.8 Å². The molecule has 2 aliphatic heterocycles. The number of thiazole rings is 1. The summed E-state index contributed by atoms with van der Waals surface area (Å²) in [5.74, 6) is -0.618. The van der Waals surface area contributed by atoms with Gasteiger partial charge in [-0.05, 0) is 48.6 Å². The molecule has 1 aromatic heterocycles. The zero-order valence-electron chi connectivity index (χ0n) is 17.8. The van der Waals surface area contributed by atoms with Crippen LogP contribution in [0.5, 0.6) is 0 Å². The molecule has 0 unspecified atom stereocenters. The summed E-state index contributed by atoms with van der Waals surface area (Å²) in [6.45, 7) is 3.54. The Morgan fingerprint density at radius 3 is 2.66 bits per heavy atom. The van der Waals surface area contributed by atoms with E-state index < -0.39 is 11.4 Å². The molecule has 0 spiro atoms.